The number of carboxylic acid groups (broad SMARTS) is 1. The van der Waals surface area contributed by atoms with Gasteiger partial charge in [0.25, 0.3) is 5.91 Å². The lowest BCUT2D eigenvalue weighted by molar-refractivity contribution is 0.0659. The van der Waals surface area contributed by atoms with E-state index in [-0.39, 0.29) is 17.6 Å². The van der Waals surface area contributed by atoms with Crippen LogP contribution in [0.1, 0.15) is 44.8 Å². The molecule has 0 fully saturated rings. The molecule has 2 heterocycles. The summed E-state index contributed by atoms with van der Waals surface area (Å²) in [6.45, 7) is 3.68. The van der Waals surface area contributed by atoms with Gasteiger partial charge in [-0.25, -0.2) is 9.78 Å². The number of rotatable bonds is 4. The highest BCUT2D eigenvalue weighted by Crippen LogP contribution is 2.18. The maximum Gasteiger partial charge on any atom is 0.371 e. The van der Waals surface area contributed by atoms with Gasteiger partial charge >= 0.3 is 5.97 Å². The van der Waals surface area contributed by atoms with Crippen molar-refractivity contribution in [3.05, 3.63) is 39.7 Å². The second-order valence-corrected chi connectivity index (χ2v) is 4.88. The van der Waals surface area contributed by atoms with Crippen molar-refractivity contribution in [3.8, 4) is 0 Å². The summed E-state index contributed by atoms with van der Waals surface area (Å²) < 4.78 is 4.92. The quantitative estimate of drug-likeness (QED) is 0.896. The Morgan fingerprint density at radius 1 is 1.42 bits per heavy atom. The van der Waals surface area contributed by atoms with Gasteiger partial charge in [0.2, 0.25) is 5.76 Å². The molecule has 7 heteroatoms. The van der Waals surface area contributed by atoms with Crippen molar-refractivity contribution in [2.75, 3.05) is 0 Å². The largest absolute Gasteiger partial charge is 0.475 e. The summed E-state index contributed by atoms with van der Waals surface area (Å²) >= 11 is 1.45. The Morgan fingerprint density at radius 3 is 2.63 bits per heavy atom. The van der Waals surface area contributed by atoms with Crippen LogP contribution in [0.15, 0.2) is 21.9 Å². The van der Waals surface area contributed by atoms with Gasteiger partial charge in [-0.05, 0) is 26.0 Å². The molecule has 0 bridgehead atoms. The number of furan rings is 1. The zero-order valence-electron chi connectivity index (χ0n) is 10.3. The van der Waals surface area contributed by atoms with Crippen LogP contribution in [-0.4, -0.2) is 22.0 Å². The lowest BCUT2D eigenvalue weighted by Crippen LogP contribution is -2.26. The van der Waals surface area contributed by atoms with E-state index in [1.54, 1.807) is 6.92 Å². The number of nitrogens with zero attached hydrogens (tertiary/aromatic N) is 1. The number of hydrogen-bond donors (Lipinski definition) is 2. The summed E-state index contributed by atoms with van der Waals surface area (Å²) in [5.41, 5.74) is 0.896. The van der Waals surface area contributed by atoms with E-state index in [4.69, 9.17) is 9.52 Å². The molecule has 6 nitrogen and oxygen atoms in total. The van der Waals surface area contributed by atoms with Crippen molar-refractivity contribution in [2.45, 2.75) is 19.9 Å². The van der Waals surface area contributed by atoms with Gasteiger partial charge in [0.15, 0.2) is 5.76 Å². The molecule has 2 N–H and O–H groups in total. The number of thiazole rings is 1. The third-order valence-corrected chi connectivity index (χ3v) is 3.54. The third-order valence-electron chi connectivity index (χ3n) is 2.40. The van der Waals surface area contributed by atoms with Crippen molar-refractivity contribution >= 4 is 23.2 Å². The fourth-order valence-corrected chi connectivity index (χ4v) is 2.28. The molecule has 0 saturated heterocycles. The maximum atomic E-state index is 11.9. The van der Waals surface area contributed by atoms with Gasteiger partial charge in [-0.15, -0.1) is 11.3 Å². The molecule has 0 aliphatic rings. The molecule has 2 aromatic heterocycles. The van der Waals surface area contributed by atoms with E-state index in [0.29, 0.717) is 0 Å². The molecule has 0 radical (unpaired) electrons. The number of carboxylic acids is 1. The molecule has 1 amide bonds. The SMILES string of the molecule is Cc1csc(C(C)NC(=O)c2ccc(C(=O)O)o2)n1. The van der Waals surface area contributed by atoms with Crippen LogP contribution in [-0.2, 0) is 0 Å². The number of carbonyl (C=O) groups excluding carboxylic acids is 1. The predicted octanol–water partition coefficient (Wildman–Crippen LogP) is 2.23. The molecule has 1 atom stereocenters. The van der Waals surface area contributed by atoms with Crippen LogP contribution in [0, 0.1) is 6.92 Å². The average Bonchev–Trinajstić information content (AvgIpc) is 2.96. The molecule has 2 aromatic rings. The minimum absolute atomic E-state index is 0.0301. The number of amides is 1. The van der Waals surface area contributed by atoms with Crippen LogP contribution in [0.3, 0.4) is 0 Å². The zero-order chi connectivity index (χ0) is 14.0. The molecule has 0 aliphatic heterocycles. The maximum absolute atomic E-state index is 11.9. The molecule has 19 heavy (non-hydrogen) atoms. The zero-order valence-corrected chi connectivity index (χ0v) is 11.2. The minimum atomic E-state index is -1.21. The Kier molecular flexibility index (Phi) is 3.66. The standard InChI is InChI=1S/C12H12N2O4S/c1-6-5-19-11(13-6)7(2)14-10(15)8-3-4-9(18-8)12(16)17/h3-5,7H,1-2H3,(H,14,15)(H,16,17). The molecule has 100 valence electrons. The molecule has 0 saturated carbocycles. The second kappa shape index (κ2) is 5.23. The number of hydrogen-bond acceptors (Lipinski definition) is 5. The first-order chi connectivity index (χ1) is 8.97. The van der Waals surface area contributed by atoms with E-state index in [1.807, 2.05) is 12.3 Å². The monoisotopic (exact) mass is 280 g/mol. The summed E-state index contributed by atoms with van der Waals surface area (Å²) in [6, 6.07) is 2.32. The van der Waals surface area contributed by atoms with E-state index < -0.39 is 11.9 Å². The number of nitrogens with one attached hydrogen (secondary N) is 1. The van der Waals surface area contributed by atoms with Crippen LogP contribution < -0.4 is 5.32 Å². The predicted molar refractivity (Wildman–Crippen MR) is 68.4 cm³/mol. The van der Waals surface area contributed by atoms with Crippen LogP contribution in [0.2, 0.25) is 0 Å². The summed E-state index contributed by atoms with van der Waals surface area (Å²) in [5, 5.41) is 14.1. The second-order valence-electron chi connectivity index (χ2n) is 3.99. The number of aromatic carboxylic acids is 1. The van der Waals surface area contributed by atoms with E-state index in [0.717, 1.165) is 10.7 Å². The first-order valence-corrected chi connectivity index (χ1v) is 6.41. The third kappa shape index (κ3) is 3.00. The highest BCUT2D eigenvalue weighted by Gasteiger charge is 2.18. The fourth-order valence-electron chi connectivity index (χ4n) is 1.48. The molecular formula is C12H12N2O4S. The smallest absolute Gasteiger partial charge is 0.371 e. The molecule has 0 aliphatic carbocycles. The van der Waals surface area contributed by atoms with Gasteiger partial charge < -0.3 is 14.8 Å². The van der Waals surface area contributed by atoms with Gasteiger partial charge in [-0.3, -0.25) is 4.79 Å². The molecule has 0 spiro atoms. The van der Waals surface area contributed by atoms with Crippen molar-refractivity contribution in [1.82, 2.24) is 10.3 Å². The van der Waals surface area contributed by atoms with Crippen LogP contribution in [0.25, 0.3) is 0 Å². The minimum Gasteiger partial charge on any atom is -0.475 e. The first-order valence-electron chi connectivity index (χ1n) is 5.53. The number of aryl methyl sites for hydroxylation is 1. The van der Waals surface area contributed by atoms with E-state index in [1.165, 1.54) is 23.5 Å². The summed E-state index contributed by atoms with van der Waals surface area (Å²) in [5.74, 6) is -1.96. The number of aromatic nitrogens is 1. The molecule has 2 rings (SSSR count). The van der Waals surface area contributed by atoms with Crippen molar-refractivity contribution in [1.29, 1.82) is 0 Å². The number of carbonyl (C=O) groups is 2. The Labute approximate surface area is 113 Å². The summed E-state index contributed by atoms with van der Waals surface area (Å²) in [4.78, 5) is 26.8. The van der Waals surface area contributed by atoms with Gasteiger partial charge in [0, 0.05) is 11.1 Å². The lowest BCUT2D eigenvalue weighted by atomic mass is 10.3. The topological polar surface area (TPSA) is 92.4 Å². The average molecular weight is 280 g/mol. The Morgan fingerprint density at radius 2 is 2.11 bits per heavy atom. The van der Waals surface area contributed by atoms with E-state index in [9.17, 15) is 9.59 Å². The van der Waals surface area contributed by atoms with Crippen molar-refractivity contribution in [3.63, 3.8) is 0 Å². The van der Waals surface area contributed by atoms with Crippen molar-refractivity contribution < 1.29 is 19.1 Å². The highest BCUT2D eigenvalue weighted by atomic mass is 32.1. The Bertz CT molecular complexity index is 617. The highest BCUT2D eigenvalue weighted by molar-refractivity contribution is 7.09. The summed E-state index contributed by atoms with van der Waals surface area (Å²) in [6.07, 6.45) is 0. The Hall–Kier alpha value is -2.15. The van der Waals surface area contributed by atoms with Gasteiger partial charge in [-0.2, -0.15) is 0 Å². The lowest BCUT2D eigenvalue weighted by Gasteiger charge is -2.09. The Balaban J connectivity index is 2.06. The first kappa shape index (κ1) is 13.3. The molecular weight excluding hydrogens is 268 g/mol. The molecule has 0 aromatic carbocycles. The fraction of sp³-hybridized carbons (Fsp3) is 0.250. The summed E-state index contributed by atoms with van der Waals surface area (Å²) in [7, 11) is 0. The normalized spacial score (nSPS) is 12.1. The van der Waals surface area contributed by atoms with E-state index >= 15 is 0 Å². The van der Waals surface area contributed by atoms with Gasteiger partial charge in [0.1, 0.15) is 5.01 Å². The molecule has 1 unspecified atom stereocenters. The van der Waals surface area contributed by atoms with Gasteiger partial charge in [-0.1, -0.05) is 0 Å². The van der Waals surface area contributed by atoms with Gasteiger partial charge in [0.05, 0.1) is 6.04 Å². The van der Waals surface area contributed by atoms with Crippen LogP contribution in [0.5, 0.6) is 0 Å². The van der Waals surface area contributed by atoms with E-state index in [2.05, 4.69) is 10.3 Å². The van der Waals surface area contributed by atoms with Crippen LogP contribution >= 0.6 is 11.3 Å². The van der Waals surface area contributed by atoms with Crippen molar-refractivity contribution in [2.24, 2.45) is 0 Å². The van der Waals surface area contributed by atoms with Crippen LogP contribution in [0.4, 0.5) is 0 Å².